The number of hydrogen-bond donors (Lipinski definition) is 0. The SMILES string of the molecule is C=Cc1ccc(C=C)cc1.C=Cc1ccc(CCl)cc1.CC(C)(C)CC(CC(CC(c1ccc(CCl)cc1)C(C)(C)C)c1ccc(C(CC(CC(C)(C)C)c2ccc(CCl)cc2)C(CC(C)(C)C)c2ccc(CCl)cc2)cc1)c1ccc(CCl)cc1.CC[n+]1ccc(-c2ccncc2)cc1.FP(F)(F)(F)F.[F-]. The Morgan fingerprint density at radius 1 is 0.364 bits per heavy atom. The topological polar surface area (TPSA) is 16.8 Å². The van der Waals surface area contributed by atoms with Crippen molar-refractivity contribution in [3.63, 3.8) is 0 Å². The molecule has 6 unspecified atom stereocenters. The van der Waals surface area contributed by atoms with Gasteiger partial charge in [0.15, 0.2) is 12.4 Å². The van der Waals surface area contributed by atoms with Gasteiger partial charge in [0.05, 0.1) is 0 Å². The Labute approximate surface area is 664 Å². The number of rotatable bonds is 26. The Morgan fingerprint density at radius 3 is 0.972 bits per heavy atom. The minimum absolute atomic E-state index is 0. The molecule has 0 fully saturated rings. The molecule has 7 aromatic carbocycles. The van der Waals surface area contributed by atoms with Gasteiger partial charge in [-0.15, -0.1) is 58.0 Å². The predicted molar refractivity (Wildman–Crippen MR) is 453 cm³/mol. The van der Waals surface area contributed by atoms with Crippen molar-refractivity contribution < 1.29 is 30.3 Å². The molecule has 9 rings (SSSR count). The van der Waals surface area contributed by atoms with Gasteiger partial charge in [-0.2, -0.15) is 0 Å². The molecule has 2 nitrogen and oxygen atoms in total. The predicted octanol–water partition coefficient (Wildman–Crippen LogP) is 28.5. The van der Waals surface area contributed by atoms with E-state index in [4.69, 9.17) is 58.0 Å². The van der Waals surface area contributed by atoms with Crippen molar-refractivity contribution in [2.75, 3.05) is 0 Å². The summed E-state index contributed by atoms with van der Waals surface area (Å²) in [4.78, 5) is 4.00. The Bertz CT molecular complexity index is 3960. The monoisotopic (exact) mass is 1580 g/mol. The molecule has 0 bridgehead atoms. The average Bonchev–Trinajstić information content (AvgIpc) is 0.789. The van der Waals surface area contributed by atoms with Crippen molar-refractivity contribution in [2.45, 2.75) is 200 Å². The van der Waals surface area contributed by atoms with Crippen molar-refractivity contribution >= 4 is 84.4 Å². The van der Waals surface area contributed by atoms with Crippen LogP contribution in [0, 0.1) is 21.7 Å². The van der Waals surface area contributed by atoms with E-state index in [1.807, 2.05) is 91.3 Å². The van der Waals surface area contributed by atoms with Crippen LogP contribution < -0.4 is 9.27 Å². The quantitative estimate of drug-likeness (QED) is 0.0229. The Morgan fingerprint density at radius 2 is 0.645 bits per heavy atom. The molecule has 0 radical (unpaired) electrons. The summed E-state index contributed by atoms with van der Waals surface area (Å²) in [5.74, 6) is 4.73. The maximum atomic E-state index is 9.84. The molecule has 0 aliphatic heterocycles. The molecular weight excluding hydrogens is 1470 g/mol. The molecule has 2 aromatic heterocycles. The first-order chi connectivity index (χ1) is 49.8. The number of nitrogens with zero attached hydrogens (tertiary/aromatic N) is 2. The summed E-state index contributed by atoms with van der Waals surface area (Å²) >= 11 is 30.9. The molecule has 0 saturated heterocycles. The largest absolute Gasteiger partial charge is 1.00 e. The van der Waals surface area contributed by atoms with Crippen LogP contribution in [0.4, 0.5) is 21.0 Å². The Balaban J connectivity index is 0.000000467. The van der Waals surface area contributed by atoms with Gasteiger partial charge in [0.1, 0.15) is 6.54 Å². The third-order valence-electron chi connectivity index (χ3n) is 18.9. The van der Waals surface area contributed by atoms with E-state index in [0.717, 1.165) is 78.5 Å². The van der Waals surface area contributed by atoms with Gasteiger partial charge in [0, 0.05) is 53.9 Å². The fourth-order valence-electron chi connectivity index (χ4n) is 13.5. The standard InChI is InChI=1S/C62H82Cl4.C12H13N2.C10H10.C9H9Cl.F5P.FH/c1-59(2,3)36-54(48-21-13-43(39-63)14-22-48)33-53(35-58(62(10,11)12)52-27-19-46(42-66)20-28-52)47-29-31-50(32-30-47)56(57(38-61(7,8)9)51-25-17-45(41-65)18-26-51)34-55(37-60(4,5)6)49-23-15-44(40-64)16-24-49;1-2-14-9-5-12(6-10-14)11-3-7-13-8-4-11;1-3-9-5-7-10(4-2)8-6-9;1-2-8-3-5-9(7-10)6-4-8;1-6(2,3,4)5;/h13-32,53-58H,33-42H2,1-12H3;3-10H,2H2,1H3;3-8H,1-2H2;2-6H,1,7H2;;1H/q;+1;;;;/p-1. The molecule has 9 aromatic rings. The van der Waals surface area contributed by atoms with Gasteiger partial charge in [-0.1, -0.05) is 291 Å². The number of pyridine rings is 2. The van der Waals surface area contributed by atoms with Crippen molar-refractivity contribution in [1.29, 1.82) is 0 Å². The summed E-state index contributed by atoms with van der Waals surface area (Å²) in [6, 6.07) is 71.1. The van der Waals surface area contributed by atoms with Gasteiger partial charge in [-0.25, -0.2) is 4.57 Å². The second kappa shape index (κ2) is 43.8. The molecule has 578 valence electrons. The molecule has 0 aliphatic carbocycles. The smallest absolute Gasteiger partial charge is 1.00 e. The summed E-state index contributed by atoms with van der Waals surface area (Å²) in [6.45, 7) is 42.9. The zero-order chi connectivity index (χ0) is 78.5. The van der Waals surface area contributed by atoms with Crippen LogP contribution >= 0.6 is 66.2 Å². The number of aryl methyl sites for hydroxylation is 1. The first-order valence-corrected chi connectivity index (χ1v) is 41.0. The first-order valence-electron chi connectivity index (χ1n) is 36.7. The first kappa shape index (κ1) is 92.9. The van der Waals surface area contributed by atoms with Crippen LogP contribution in [0.5, 0.6) is 0 Å². The zero-order valence-corrected chi connectivity index (χ0v) is 69.8. The summed E-state index contributed by atoms with van der Waals surface area (Å²) in [6.07, 6.45) is 19.7. The summed E-state index contributed by atoms with van der Waals surface area (Å²) < 4.78 is 51.3. The van der Waals surface area contributed by atoms with E-state index in [-0.39, 0.29) is 32.3 Å². The van der Waals surface area contributed by atoms with Crippen molar-refractivity contribution in [3.8, 4) is 11.1 Å². The molecule has 0 aliphatic rings. The maximum Gasteiger partial charge on any atom is -1.00 e. The van der Waals surface area contributed by atoms with E-state index in [0.29, 0.717) is 59.0 Å². The van der Waals surface area contributed by atoms with Crippen LogP contribution in [0.1, 0.15) is 242 Å². The molecule has 107 heavy (non-hydrogen) atoms. The van der Waals surface area contributed by atoms with Gasteiger partial charge < -0.3 is 4.70 Å². The number of halogens is 11. The fourth-order valence-corrected chi connectivity index (χ4v) is 14.4. The number of hydrogen-bond acceptors (Lipinski definition) is 1. The molecule has 0 N–H and O–H groups in total. The fraction of sp³-hybridized carbons (Fsp3) is 0.376. The van der Waals surface area contributed by atoms with Gasteiger partial charge in [0.25, 0.3) is 0 Å². The van der Waals surface area contributed by atoms with E-state index in [9.17, 15) is 21.0 Å². The summed E-state index contributed by atoms with van der Waals surface area (Å²) in [5.41, 5.74) is 20.6. The minimum atomic E-state index is -8.55. The van der Waals surface area contributed by atoms with Gasteiger partial charge in [-0.3, -0.25) is 4.98 Å². The van der Waals surface area contributed by atoms with E-state index in [1.54, 1.807) is 0 Å². The molecular formula is C93H114Cl5F6N2P. The molecule has 6 atom stereocenters. The van der Waals surface area contributed by atoms with Crippen LogP contribution in [-0.2, 0) is 35.9 Å². The van der Waals surface area contributed by atoms with Crippen LogP contribution in [0.25, 0.3) is 29.4 Å². The number of alkyl halides is 5. The molecule has 14 heteroatoms. The molecule has 0 saturated carbocycles. The van der Waals surface area contributed by atoms with Gasteiger partial charge >= 0.3 is 29.1 Å². The van der Waals surface area contributed by atoms with Crippen LogP contribution in [0.3, 0.4) is 0 Å². The van der Waals surface area contributed by atoms with Crippen LogP contribution in [0.15, 0.2) is 239 Å². The minimum Gasteiger partial charge on any atom is -1.00 e. The van der Waals surface area contributed by atoms with Crippen molar-refractivity contribution in [3.05, 3.63) is 317 Å². The molecule has 0 amide bonds. The third-order valence-corrected chi connectivity index (χ3v) is 20.4. The normalized spacial score (nSPS) is 13.7. The van der Waals surface area contributed by atoms with Crippen LogP contribution in [0.2, 0.25) is 0 Å². The third kappa shape index (κ3) is 35.0. The van der Waals surface area contributed by atoms with E-state index in [2.05, 4.69) is 265 Å². The van der Waals surface area contributed by atoms with Gasteiger partial charge in [0.2, 0.25) is 0 Å². The second-order valence-corrected chi connectivity index (χ2v) is 35.0. The van der Waals surface area contributed by atoms with E-state index < -0.39 is 8.16 Å². The van der Waals surface area contributed by atoms with E-state index >= 15 is 0 Å². The Hall–Kier alpha value is -6.48. The van der Waals surface area contributed by atoms with Crippen molar-refractivity contribution in [2.24, 2.45) is 21.7 Å². The number of benzene rings is 7. The number of aromatic nitrogens is 2. The average molecular weight is 1580 g/mol. The van der Waals surface area contributed by atoms with E-state index in [1.165, 1.54) is 55.6 Å². The summed E-state index contributed by atoms with van der Waals surface area (Å²) in [5, 5.41) is 0. The molecule has 0 spiro atoms. The Kier molecular flexibility index (Phi) is 38.0. The zero-order valence-electron chi connectivity index (χ0n) is 65.1. The van der Waals surface area contributed by atoms with Crippen LogP contribution in [-0.4, -0.2) is 4.98 Å². The maximum absolute atomic E-state index is 9.84. The molecule has 2 heterocycles. The second-order valence-electron chi connectivity index (χ2n) is 32.3. The van der Waals surface area contributed by atoms with Crippen molar-refractivity contribution in [1.82, 2.24) is 4.98 Å². The van der Waals surface area contributed by atoms with Gasteiger partial charge in [-0.05, 0) is 204 Å². The summed E-state index contributed by atoms with van der Waals surface area (Å²) in [7, 11) is -8.55.